The number of nitrogens with one attached hydrogen (secondary N) is 2. The number of pyridine rings is 1. The third-order valence-corrected chi connectivity index (χ3v) is 8.14. The van der Waals surface area contributed by atoms with E-state index in [1.165, 1.54) is 18.4 Å². The number of hydrogen-bond donors (Lipinski definition) is 2. The number of nitrogens with zero attached hydrogens (tertiary/aromatic N) is 5. The van der Waals surface area contributed by atoms with Gasteiger partial charge in [0.1, 0.15) is 5.82 Å². The Morgan fingerprint density at radius 1 is 1.09 bits per heavy atom. The van der Waals surface area contributed by atoms with Crippen molar-refractivity contribution in [2.75, 3.05) is 50.5 Å². The van der Waals surface area contributed by atoms with E-state index in [2.05, 4.69) is 43.5 Å². The van der Waals surface area contributed by atoms with Crippen LogP contribution in [0.2, 0.25) is 0 Å². The molecule has 1 amide bonds. The van der Waals surface area contributed by atoms with Crippen molar-refractivity contribution in [1.82, 2.24) is 25.2 Å². The summed E-state index contributed by atoms with van der Waals surface area (Å²) >= 11 is 1.56. The molecule has 1 aliphatic heterocycles. The van der Waals surface area contributed by atoms with E-state index < -0.39 is 0 Å². The van der Waals surface area contributed by atoms with Gasteiger partial charge in [0.15, 0.2) is 0 Å². The van der Waals surface area contributed by atoms with Crippen LogP contribution in [0.15, 0.2) is 24.7 Å². The van der Waals surface area contributed by atoms with Crippen molar-refractivity contribution >= 4 is 44.8 Å². The van der Waals surface area contributed by atoms with Gasteiger partial charge in [-0.2, -0.15) is 0 Å². The first kappa shape index (κ1) is 23.0. The Bertz CT molecular complexity index is 1150. The van der Waals surface area contributed by atoms with Crippen molar-refractivity contribution in [3.8, 4) is 0 Å². The molecule has 34 heavy (non-hydrogen) atoms. The molecular formula is C25H33N7OS. The number of anilines is 3. The minimum Gasteiger partial charge on any atom is -0.366 e. The van der Waals surface area contributed by atoms with Crippen LogP contribution in [0.4, 0.5) is 17.5 Å². The zero-order valence-electron chi connectivity index (χ0n) is 20.2. The fraction of sp³-hybridized carbons (Fsp3) is 0.520. The Morgan fingerprint density at radius 3 is 2.47 bits per heavy atom. The second-order valence-electron chi connectivity index (χ2n) is 9.69. The minimum absolute atomic E-state index is 0.0798. The molecule has 2 fully saturated rings. The number of rotatable bonds is 5. The molecule has 1 saturated heterocycles. The van der Waals surface area contributed by atoms with Crippen molar-refractivity contribution in [3.63, 3.8) is 0 Å². The quantitative estimate of drug-likeness (QED) is 0.566. The van der Waals surface area contributed by atoms with E-state index in [1.807, 2.05) is 32.7 Å². The Balaban J connectivity index is 1.43. The van der Waals surface area contributed by atoms with Crippen LogP contribution in [0, 0.1) is 5.92 Å². The van der Waals surface area contributed by atoms with Gasteiger partial charge in [-0.1, -0.05) is 19.8 Å². The van der Waals surface area contributed by atoms with Crippen LogP contribution >= 0.6 is 11.3 Å². The predicted molar refractivity (Wildman–Crippen MR) is 138 cm³/mol. The van der Waals surface area contributed by atoms with E-state index in [0.29, 0.717) is 17.7 Å². The van der Waals surface area contributed by atoms with Gasteiger partial charge in [-0.25, -0.2) is 15.0 Å². The monoisotopic (exact) mass is 479 g/mol. The predicted octanol–water partition coefficient (Wildman–Crippen LogP) is 4.24. The molecule has 5 rings (SSSR count). The lowest BCUT2D eigenvalue weighted by molar-refractivity contribution is 0.0830. The van der Waals surface area contributed by atoms with Crippen molar-refractivity contribution in [2.45, 2.75) is 38.5 Å². The maximum absolute atomic E-state index is 13.1. The number of hydrogen-bond acceptors (Lipinski definition) is 8. The van der Waals surface area contributed by atoms with Gasteiger partial charge in [-0.15, -0.1) is 11.3 Å². The first-order valence-electron chi connectivity index (χ1n) is 12.2. The number of piperazine rings is 1. The van der Waals surface area contributed by atoms with Gasteiger partial charge in [0, 0.05) is 51.9 Å². The normalized spacial score (nSPS) is 21.0. The summed E-state index contributed by atoms with van der Waals surface area (Å²) < 4.78 is 1.05. The summed E-state index contributed by atoms with van der Waals surface area (Å²) in [5.41, 5.74) is 2.24. The molecule has 2 aliphatic rings. The van der Waals surface area contributed by atoms with Crippen LogP contribution in [0.3, 0.4) is 0 Å². The summed E-state index contributed by atoms with van der Waals surface area (Å²) in [6, 6.07) is 2.07. The van der Waals surface area contributed by atoms with Gasteiger partial charge in [0.25, 0.3) is 5.91 Å². The first-order valence-corrected chi connectivity index (χ1v) is 13.0. The van der Waals surface area contributed by atoms with Crippen LogP contribution in [0.25, 0.3) is 10.1 Å². The van der Waals surface area contributed by atoms with Crippen molar-refractivity contribution in [1.29, 1.82) is 0 Å². The van der Waals surface area contributed by atoms with E-state index in [9.17, 15) is 4.79 Å². The van der Waals surface area contributed by atoms with E-state index in [-0.39, 0.29) is 5.91 Å². The second kappa shape index (κ2) is 9.84. The average molecular weight is 480 g/mol. The molecule has 0 bridgehead atoms. The molecule has 4 heterocycles. The summed E-state index contributed by atoms with van der Waals surface area (Å²) in [5.74, 6) is 2.48. The summed E-state index contributed by atoms with van der Waals surface area (Å²) in [6.07, 6.45) is 10.3. The third kappa shape index (κ3) is 4.72. The van der Waals surface area contributed by atoms with E-state index >= 15 is 0 Å². The average Bonchev–Trinajstić information content (AvgIpc) is 3.23. The highest BCUT2D eigenvalue weighted by atomic mass is 32.1. The standard InChI is InChI=1S/C25H33N7OS/c1-16-4-6-17(7-5-16)22-19-12-21(27-15-20(19)34-23(22)24(33)31(2)3)30-25-28-13-18(14-29-25)32-10-8-26-9-11-32/h12-17,26H,4-11H2,1-3H3,(H,27,28,29,30). The molecule has 0 unspecified atom stereocenters. The van der Waals surface area contributed by atoms with Crippen molar-refractivity contribution in [2.24, 2.45) is 5.92 Å². The summed E-state index contributed by atoms with van der Waals surface area (Å²) in [5, 5.41) is 7.76. The molecule has 3 aromatic rings. The molecule has 8 nitrogen and oxygen atoms in total. The molecule has 0 radical (unpaired) electrons. The smallest absolute Gasteiger partial charge is 0.263 e. The Hall–Kier alpha value is -2.78. The molecule has 9 heteroatoms. The van der Waals surface area contributed by atoms with Crippen LogP contribution in [0.1, 0.15) is 53.8 Å². The van der Waals surface area contributed by atoms with Crippen LogP contribution in [-0.4, -0.2) is 66.0 Å². The maximum Gasteiger partial charge on any atom is 0.263 e. The molecule has 3 aromatic heterocycles. The molecule has 1 aliphatic carbocycles. The number of thiophene rings is 1. The highest BCUT2D eigenvalue weighted by Gasteiger charge is 2.29. The molecule has 0 aromatic carbocycles. The van der Waals surface area contributed by atoms with Gasteiger partial charge in [0.05, 0.1) is 27.7 Å². The van der Waals surface area contributed by atoms with Crippen molar-refractivity contribution < 1.29 is 4.79 Å². The maximum atomic E-state index is 13.1. The molecule has 2 N–H and O–H groups in total. The lowest BCUT2D eigenvalue weighted by atomic mass is 9.78. The van der Waals surface area contributed by atoms with Crippen LogP contribution < -0.4 is 15.5 Å². The SMILES string of the molecule is CC1CCC(c2c(C(=O)N(C)C)sc3cnc(Nc4ncc(N5CCNCC5)cn4)cc23)CC1. The molecule has 180 valence electrons. The van der Waals surface area contributed by atoms with Gasteiger partial charge in [0.2, 0.25) is 5.95 Å². The number of aromatic nitrogens is 3. The lowest BCUT2D eigenvalue weighted by Crippen LogP contribution is -2.43. The van der Waals surface area contributed by atoms with Gasteiger partial charge in [-0.3, -0.25) is 4.79 Å². The number of carbonyl (C=O) groups excluding carboxylic acids is 1. The summed E-state index contributed by atoms with van der Waals surface area (Å²) in [7, 11) is 3.65. The lowest BCUT2D eigenvalue weighted by Gasteiger charge is -2.28. The number of amides is 1. The zero-order chi connectivity index (χ0) is 23.7. The van der Waals surface area contributed by atoms with Gasteiger partial charge < -0.3 is 20.4 Å². The Labute approximate surface area is 204 Å². The Morgan fingerprint density at radius 2 is 1.79 bits per heavy atom. The molecule has 0 spiro atoms. The Kier molecular flexibility index (Phi) is 6.65. The zero-order valence-corrected chi connectivity index (χ0v) is 21.0. The first-order chi connectivity index (χ1) is 16.5. The highest BCUT2D eigenvalue weighted by molar-refractivity contribution is 7.21. The fourth-order valence-electron chi connectivity index (χ4n) is 4.99. The van der Waals surface area contributed by atoms with Crippen LogP contribution in [-0.2, 0) is 0 Å². The van der Waals surface area contributed by atoms with Gasteiger partial charge >= 0.3 is 0 Å². The van der Waals surface area contributed by atoms with E-state index in [0.717, 1.165) is 65.6 Å². The van der Waals surface area contributed by atoms with Crippen LogP contribution in [0.5, 0.6) is 0 Å². The van der Waals surface area contributed by atoms with Gasteiger partial charge in [-0.05, 0) is 36.3 Å². The van der Waals surface area contributed by atoms with E-state index in [1.54, 1.807) is 16.2 Å². The molecule has 1 saturated carbocycles. The summed E-state index contributed by atoms with van der Waals surface area (Å²) in [6.45, 7) is 6.20. The van der Waals surface area contributed by atoms with Crippen molar-refractivity contribution in [3.05, 3.63) is 35.1 Å². The fourth-order valence-corrected chi connectivity index (χ4v) is 6.25. The third-order valence-electron chi connectivity index (χ3n) is 7.00. The second-order valence-corrected chi connectivity index (χ2v) is 10.7. The minimum atomic E-state index is 0.0798. The molecule has 0 atom stereocenters. The topological polar surface area (TPSA) is 86.3 Å². The van der Waals surface area contributed by atoms with E-state index in [4.69, 9.17) is 0 Å². The number of fused-ring (bicyclic) bond motifs is 1. The number of carbonyl (C=O) groups is 1. The molecular weight excluding hydrogens is 446 g/mol. The largest absolute Gasteiger partial charge is 0.366 e. The summed E-state index contributed by atoms with van der Waals surface area (Å²) in [4.78, 5) is 31.5. The highest BCUT2D eigenvalue weighted by Crippen LogP contribution is 2.44.